The minimum atomic E-state index is -0.739. The van der Waals surface area contributed by atoms with Gasteiger partial charge in [-0.3, -0.25) is 14.5 Å². The molecule has 1 fully saturated rings. The largest absolute Gasteiger partial charge is 0.481 e. The first-order chi connectivity index (χ1) is 15.8. The van der Waals surface area contributed by atoms with E-state index in [1.165, 1.54) is 27.0 Å². The number of piperidine rings is 1. The number of fused-ring (bicyclic) bond motifs is 3. The van der Waals surface area contributed by atoms with Crippen LogP contribution in [0.15, 0.2) is 36.4 Å². The Morgan fingerprint density at radius 2 is 1.88 bits per heavy atom. The molecular weight excluding hydrogens is 458 g/mol. The number of likely N-dealkylation sites (tertiary alicyclic amines) is 1. The average Bonchev–Trinajstić information content (AvgIpc) is 3.36. The highest BCUT2D eigenvalue weighted by atomic mass is 35.5. The van der Waals surface area contributed by atoms with Crippen LogP contribution in [-0.2, 0) is 29.1 Å². The maximum Gasteiger partial charge on any atom is 0.309 e. The fourth-order valence-corrected chi connectivity index (χ4v) is 6.17. The lowest BCUT2D eigenvalue weighted by Gasteiger charge is -2.37. The average molecular weight is 486 g/mol. The number of halogens is 1. The van der Waals surface area contributed by atoms with Crippen molar-refractivity contribution in [3.63, 3.8) is 0 Å². The fourth-order valence-electron chi connectivity index (χ4n) is 5.09. The van der Waals surface area contributed by atoms with Gasteiger partial charge in [0, 0.05) is 28.0 Å². The molecule has 6 nitrogen and oxygen atoms in total. The maximum absolute atomic E-state index is 13.2. The van der Waals surface area contributed by atoms with Crippen LogP contribution in [0.5, 0.6) is 0 Å². The summed E-state index contributed by atoms with van der Waals surface area (Å²) in [5, 5.41) is 10.7. The number of rotatable bonds is 5. The molecule has 1 amide bonds. The van der Waals surface area contributed by atoms with Crippen molar-refractivity contribution in [1.82, 2.24) is 14.4 Å². The second-order valence-electron chi connectivity index (χ2n) is 9.44. The topological polar surface area (TPSA) is 65.8 Å². The van der Waals surface area contributed by atoms with Gasteiger partial charge in [0.1, 0.15) is 0 Å². The van der Waals surface area contributed by atoms with Crippen molar-refractivity contribution in [2.75, 3.05) is 26.2 Å². The van der Waals surface area contributed by atoms with Crippen LogP contribution in [0.25, 0.3) is 10.9 Å². The number of nitrogens with zero attached hydrogens (tertiary/aromatic N) is 3. The van der Waals surface area contributed by atoms with Crippen LogP contribution in [0.3, 0.4) is 0 Å². The molecule has 33 heavy (non-hydrogen) atoms. The van der Waals surface area contributed by atoms with Gasteiger partial charge in [0.2, 0.25) is 5.91 Å². The highest BCUT2D eigenvalue weighted by Gasteiger charge is 2.37. The van der Waals surface area contributed by atoms with E-state index < -0.39 is 11.4 Å². The summed E-state index contributed by atoms with van der Waals surface area (Å²) in [5.74, 6) is -0.618. The third-order valence-corrected chi connectivity index (χ3v) is 8.51. The van der Waals surface area contributed by atoms with Gasteiger partial charge in [-0.1, -0.05) is 29.8 Å². The number of para-hydroxylation sites is 1. The Labute approximate surface area is 202 Å². The number of carbonyl (C=O) groups excluding carboxylic acids is 1. The predicted octanol–water partition coefficient (Wildman–Crippen LogP) is 4.48. The van der Waals surface area contributed by atoms with E-state index in [0.29, 0.717) is 45.6 Å². The number of aliphatic carboxylic acids is 1. The summed E-state index contributed by atoms with van der Waals surface area (Å²) in [6.45, 7) is 5.51. The minimum Gasteiger partial charge on any atom is -0.481 e. The summed E-state index contributed by atoms with van der Waals surface area (Å²) in [4.78, 5) is 30.0. The molecule has 3 aromatic rings. The third kappa shape index (κ3) is 4.29. The molecule has 1 saturated heterocycles. The van der Waals surface area contributed by atoms with E-state index in [2.05, 4.69) is 39.8 Å². The van der Waals surface area contributed by atoms with E-state index in [1.54, 1.807) is 18.3 Å². The molecule has 5 rings (SSSR count). The number of hydrogen-bond acceptors (Lipinski definition) is 4. The normalized spacial score (nSPS) is 18.4. The summed E-state index contributed by atoms with van der Waals surface area (Å²) in [5.41, 5.74) is 3.07. The zero-order valence-electron chi connectivity index (χ0n) is 18.7. The SMILES string of the molecule is CC1(C(=O)O)CCN(CC(=O)N2CCc3c(n(Cc4ccc(Cl)s4)c4ccccc34)C2)CC1. The van der Waals surface area contributed by atoms with Crippen LogP contribution in [-0.4, -0.2) is 57.5 Å². The predicted molar refractivity (Wildman–Crippen MR) is 131 cm³/mol. The molecular formula is C25H28ClN3O3S. The van der Waals surface area contributed by atoms with Crippen LogP contribution in [0.2, 0.25) is 4.34 Å². The Morgan fingerprint density at radius 1 is 1.12 bits per heavy atom. The highest BCUT2D eigenvalue weighted by molar-refractivity contribution is 7.16. The van der Waals surface area contributed by atoms with E-state index in [1.807, 2.05) is 11.0 Å². The second-order valence-corrected chi connectivity index (χ2v) is 11.2. The number of carbonyl (C=O) groups is 2. The number of carboxylic acids is 1. The monoisotopic (exact) mass is 485 g/mol. The molecule has 2 aliphatic heterocycles. The lowest BCUT2D eigenvalue weighted by Crippen LogP contribution is -2.48. The molecule has 0 radical (unpaired) electrons. The van der Waals surface area contributed by atoms with Gasteiger partial charge in [-0.25, -0.2) is 0 Å². The van der Waals surface area contributed by atoms with E-state index in [-0.39, 0.29) is 5.91 Å². The Morgan fingerprint density at radius 3 is 2.58 bits per heavy atom. The third-order valence-electron chi connectivity index (χ3n) is 7.30. The second kappa shape index (κ2) is 8.78. The summed E-state index contributed by atoms with van der Waals surface area (Å²) < 4.78 is 3.12. The zero-order valence-corrected chi connectivity index (χ0v) is 20.3. The van der Waals surface area contributed by atoms with Crippen molar-refractivity contribution in [1.29, 1.82) is 0 Å². The van der Waals surface area contributed by atoms with Gasteiger partial charge in [-0.15, -0.1) is 11.3 Å². The molecule has 1 N–H and O–H groups in total. The molecule has 2 aromatic heterocycles. The number of amides is 1. The molecule has 174 valence electrons. The van der Waals surface area contributed by atoms with Gasteiger partial charge in [0.15, 0.2) is 0 Å². The summed E-state index contributed by atoms with van der Waals surface area (Å²) in [7, 11) is 0. The van der Waals surface area contributed by atoms with E-state index in [9.17, 15) is 14.7 Å². The number of thiophene rings is 1. The highest BCUT2D eigenvalue weighted by Crippen LogP contribution is 2.34. The van der Waals surface area contributed by atoms with Crippen molar-refractivity contribution >= 4 is 45.7 Å². The Bertz CT molecular complexity index is 1210. The van der Waals surface area contributed by atoms with Crippen molar-refractivity contribution in [2.24, 2.45) is 5.41 Å². The number of aromatic nitrogens is 1. The van der Waals surface area contributed by atoms with Gasteiger partial charge < -0.3 is 14.6 Å². The van der Waals surface area contributed by atoms with E-state index >= 15 is 0 Å². The number of hydrogen-bond donors (Lipinski definition) is 1. The van der Waals surface area contributed by atoms with Gasteiger partial charge in [-0.05, 0) is 63.0 Å². The number of carboxylic acid groups (broad SMARTS) is 1. The molecule has 4 heterocycles. The quantitative estimate of drug-likeness (QED) is 0.578. The molecule has 0 bridgehead atoms. The van der Waals surface area contributed by atoms with Crippen LogP contribution in [0.4, 0.5) is 0 Å². The van der Waals surface area contributed by atoms with Crippen molar-refractivity contribution in [3.8, 4) is 0 Å². The molecule has 0 saturated carbocycles. The standard InChI is InChI=1S/C25H28ClN3O3S/c1-25(24(31)32)9-12-27(13-10-25)16-23(30)28-11-8-19-18-4-2-3-5-20(18)29(21(19)15-28)14-17-6-7-22(26)33-17/h2-7H,8-16H2,1H3,(H,31,32). The summed E-state index contributed by atoms with van der Waals surface area (Å²) in [6, 6.07) is 12.5. The minimum absolute atomic E-state index is 0.121. The van der Waals surface area contributed by atoms with Gasteiger partial charge in [-0.2, -0.15) is 0 Å². The van der Waals surface area contributed by atoms with E-state index in [4.69, 9.17) is 11.6 Å². The van der Waals surface area contributed by atoms with Crippen molar-refractivity contribution < 1.29 is 14.7 Å². The molecule has 0 aliphatic carbocycles. The van der Waals surface area contributed by atoms with Gasteiger partial charge in [0.05, 0.1) is 29.4 Å². The molecule has 0 unspecified atom stereocenters. The fraction of sp³-hybridized carbons (Fsp3) is 0.440. The van der Waals surface area contributed by atoms with Crippen LogP contribution >= 0.6 is 22.9 Å². The van der Waals surface area contributed by atoms with Crippen LogP contribution < -0.4 is 0 Å². The molecule has 0 spiro atoms. The van der Waals surface area contributed by atoms with Crippen LogP contribution in [0.1, 0.15) is 35.9 Å². The maximum atomic E-state index is 13.2. The zero-order chi connectivity index (χ0) is 23.2. The molecule has 8 heteroatoms. The van der Waals surface area contributed by atoms with Crippen molar-refractivity contribution in [2.45, 2.75) is 39.3 Å². The first-order valence-corrected chi connectivity index (χ1v) is 12.6. The lowest BCUT2D eigenvalue weighted by atomic mass is 9.80. The Hall–Kier alpha value is -2.35. The van der Waals surface area contributed by atoms with Crippen LogP contribution in [0, 0.1) is 5.41 Å². The summed E-state index contributed by atoms with van der Waals surface area (Å²) >= 11 is 7.77. The number of benzene rings is 1. The lowest BCUT2D eigenvalue weighted by molar-refractivity contribution is -0.151. The first-order valence-electron chi connectivity index (χ1n) is 11.4. The first kappa shape index (κ1) is 22.4. The molecule has 1 aromatic carbocycles. The Kier molecular flexibility index (Phi) is 5.97. The molecule has 2 aliphatic rings. The molecule has 0 atom stereocenters. The van der Waals surface area contributed by atoms with E-state index in [0.717, 1.165) is 17.3 Å². The van der Waals surface area contributed by atoms with Gasteiger partial charge in [0.25, 0.3) is 0 Å². The summed E-state index contributed by atoms with van der Waals surface area (Å²) in [6.07, 6.45) is 2.01. The van der Waals surface area contributed by atoms with Gasteiger partial charge >= 0.3 is 5.97 Å². The smallest absolute Gasteiger partial charge is 0.309 e. The Balaban J connectivity index is 1.34. The van der Waals surface area contributed by atoms with Crippen molar-refractivity contribution in [3.05, 3.63) is 56.9 Å².